The Hall–Kier alpha value is -1.22. The van der Waals surface area contributed by atoms with Crippen molar-refractivity contribution in [3.63, 3.8) is 0 Å². The summed E-state index contributed by atoms with van der Waals surface area (Å²) in [6.45, 7) is 3.61. The van der Waals surface area contributed by atoms with Crippen LogP contribution in [-0.2, 0) is 0 Å². The smallest absolute Gasteiger partial charge is 0.161 e. The molecule has 3 nitrogen and oxygen atoms in total. The monoisotopic (exact) mass is 207 g/mol. The van der Waals surface area contributed by atoms with E-state index in [4.69, 9.17) is 9.47 Å². The summed E-state index contributed by atoms with van der Waals surface area (Å²) >= 11 is 0. The number of ether oxygens (including phenoxy) is 2. The average Bonchev–Trinajstić information content (AvgIpc) is 2.51. The van der Waals surface area contributed by atoms with Gasteiger partial charge in [0.15, 0.2) is 11.5 Å². The lowest BCUT2D eigenvalue weighted by molar-refractivity contribution is 0.297. The van der Waals surface area contributed by atoms with Crippen LogP contribution in [0.3, 0.4) is 0 Å². The van der Waals surface area contributed by atoms with Crippen LogP contribution < -0.4 is 14.8 Å². The fraction of sp³-hybridized carbons (Fsp3) is 0.500. The zero-order chi connectivity index (χ0) is 10.7. The Morgan fingerprint density at radius 3 is 2.67 bits per heavy atom. The molecule has 0 bridgehead atoms. The van der Waals surface area contributed by atoms with E-state index in [-0.39, 0.29) is 0 Å². The summed E-state index contributed by atoms with van der Waals surface area (Å²) < 4.78 is 11.2. The maximum Gasteiger partial charge on any atom is 0.161 e. The van der Waals surface area contributed by atoms with Gasteiger partial charge in [0.25, 0.3) is 0 Å². The van der Waals surface area contributed by atoms with Crippen molar-refractivity contribution in [1.82, 2.24) is 5.32 Å². The van der Waals surface area contributed by atoms with Gasteiger partial charge in [0.1, 0.15) is 0 Å². The van der Waals surface area contributed by atoms with Crippen LogP contribution in [0.4, 0.5) is 0 Å². The van der Waals surface area contributed by atoms with Crippen LogP contribution in [0.15, 0.2) is 18.2 Å². The van der Waals surface area contributed by atoms with E-state index < -0.39 is 0 Å². The van der Waals surface area contributed by atoms with Crippen molar-refractivity contribution >= 4 is 0 Å². The van der Waals surface area contributed by atoms with Gasteiger partial charge in [-0.3, -0.25) is 0 Å². The van der Waals surface area contributed by atoms with E-state index in [1.54, 1.807) is 0 Å². The van der Waals surface area contributed by atoms with Crippen LogP contribution in [0.5, 0.6) is 11.5 Å². The molecule has 0 radical (unpaired) electrons. The van der Waals surface area contributed by atoms with E-state index in [1.165, 1.54) is 5.56 Å². The van der Waals surface area contributed by atoms with Crippen LogP contribution in [-0.4, -0.2) is 20.3 Å². The molecule has 1 heterocycles. The summed E-state index contributed by atoms with van der Waals surface area (Å²) in [5.74, 6) is 1.73. The topological polar surface area (TPSA) is 30.5 Å². The summed E-state index contributed by atoms with van der Waals surface area (Å²) in [5, 5.41) is 3.21. The number of benzene rings is 1. The van der Waals surface area contributed by atoms with Crippen molar-refractivity contribution in [2.24, 2.45) is 0 Å². The van der Waals surface area contributed by atoms with Gasteiger partial charge in [-0.2, -0.15) is 0 Å². The van der Waals surface area contributed by atoms with Gasteiger partial charge in [0.05, 0.1) is 13.2 Å². The minimum atomic E-state index is 0.335. The third-order valence-corrected chi connectivity index (χ3v) is 2.70. The lowest BCUT2D eigenvalue weighted by atomic mass is 10.1. The molecule has 0 aliphatic carbocycles. The second-order valence-corrected chi connectivity index (χ2v) is 3.77. The first-order valence-corrected chi connectivity index (χ1v) is 5.38. The highest BCUT2D eigenvalue weighted by Gasteiger charge is 2.12. The molecule has 1 aromatic carbocycles. The summed E-state index contributed by atoms with van der Waals surface area (Å²) in [7, 11) is 1.95. The van der Waals surface area contributed by atoms with Gasteiger partial charge in [-0.05, 0) is 31.7 Å². The summed E-state index contributed by atoms with van der Waals surface area (Å²) in [6, 6.07) is 6.46. The van der Waals surface area contributed by atoms with E-state index in [1.807, 2.05) is 13.1 Å². The Kier molecular flexibility index (Phi) is 3.11. The minimum absolute atomic E-state index is 0.335. The second kappa shape index (κ2) is 4.53. The first-order chi connectivity index (χ1) is 7.31. The second-order valence-electron chi connectivity index (χ2n) is 3.77. The van der Waals surface area contributed by atoms with Gasteiger partial charge in [-0.25, -0.2) is 0 Å². The summed E-state index contributed by atoms with van der Waals surface area (Å²) in [4.78, 5) is 0. The summed E-state index contributed by atoms with van der Waals surface area (Å²) in [6.07, 6.45) is 0.950. The highest BCUT2D eigenvalue weighted by atomic mass is 16.5. The Morgan fingerprint density at radius 2 is 1.93 bits per heavy atom. The zero-order valence-electron chi connectivity index (χ0n) is 9.25. The number of rotatable bonds is 2. The maximum absolute atomic E-state index is 5.63. The third-order valence-electron chi connectivity index (χ3n) is 2.70. The lowest BCUT2D eigenvalue weighted by Crippen LogP contribution is -2.12. The molecule has 82 valence electrons. The molecule has 3 heteroatoms. The molecule has 2 rings (SSSR count). The molecule has 1 aliphatic heterocycles. The van der Waals surface area contributed by atoms with Crippen molar-refractivity contribution in [2.45, 2.75) is 19.4 Å². The van der Waals surface area contributed by atoms with Crippen LogP contribution in [0.1, 0.15) is 24.9 Å². The molecule has 1 aliphatic rings. The molecular formula is C12H17NO2. The van der Waals surface area contributed by atoms with E-state index in [9.17, 15) is 0 Å². The van der Waals surface area contributed by atoms with Gasteiger partial charge in [-0.1, -0.05) is 6.07 Å². The van der Waals surface area contributed by atoms with Gasteiger partial charge in [0, 0.05) is 12.5 Å². The Labute approximate surface area is 90.4 Å². The van der Waals surface area contributed by atoms with Crippen LogP contribution in [0.2, 0.25) is 0 Å². The van der Waals surface area contributed by atoms with Gasteiger partial charge < -0.3 is 14.8 Å². The third kappa shape index (κ3) is 2.23. The SMILES string of the molecule is CNC(C)c1ccc2c(c1)OCCCO2. The normalized spacial score (nSPS) is 16.9. The van der Waals surface area contributed by atoms with E-state index in [0.717, 1.165) is 31.1 Å². The van der Waals surface area contributed by atoms with E-state index in [2.05, 4.69) is 24.4 Å². The molecule has 0 spiro atoms. The molecule has 0 saturated carbocycles. The zero-order valence-corrected chi connectivity index (χ0v) is 9.25. The summed E-state index contributed by atoms with van der Waals surface area (Å²) in [5.41, 5.74) is 1.22. The quantitative estimate of drug-likeness (QED) is 0.805. The molecule has 1 atom stereocenters. The molecule has 1 N–H and O–H groups in total. The van der Waals surface area contributed by atoms with Gasteiger partial charge in [0.2, 0.25) is 0 Å². The molecule has 0 aromatic heterocycles. The predicted octanol–water partition coefficient (Wildman–Crippen LogP) is 2.13. The number of nitrogens with one attached hydrogen (secondary N) is 1. The number of hydrogen-bond acceptors (Lipinski definition) is 3. The maximum atomic E-state index is 5.63. The highest BCUT2D eigenvalue weighted by Crippen LogP contribution is 2.32. The Morgan fingerprint density at radius 1 is 1.20 bits per heavy atom. The van der Waals surface area contributed by atoms with Crippen molar-refractivity contribution in [3.8, 4) is 11.5 Å². The standard InChI is InChI=1S/C12H17NO2/c1-9(13-2)10-4-5-11-12(8-10)15-7-3-6-14-11/h4-5,8-9,13H,3,6-7H2,1-2H3. The first kappa shape index (κ1) is 10.3. The molecule has 0 fully saturated rings. The number of hydrogen-bond donors (Lipinski definition) is 1. The predicted molar refractivity (Wildman–Crippen MR) is 59.5 cm³/mol. The minimum Gasteiger partial charge on any atom is -0.490 e. The van der Waals surface area contributed by atoms with Crippen molar-refractivity contribution in [1.29, 1.82) is 0 Å². The van der Waals surface area contributed by atoms with Crippen molar-refractivity contribution in [3.05, 3.63) is 23.8 Å². The van der Waals surface area contributed by atoms with Gasteiger partial charge >= 0.3 is 0 Å². The average molecular weight is 207 g/mol. The van der Waals surface area contributed by atoms with Crippen LogP contribution >= 0.6 is 0 Å². The molecule has 15 heavy (non-hydrogen) atoms. The molecular weight excluding hydrogens is 190 g/mol. The molecule has 0 saturated heterocycles. The van der Waals surface area contributed by atoms with Crippen LogP contribution in [0, 0.1) is 0 Å². The van der Waals surface area contributed by atoms with Gasteiger partial charge in [-0.15, -0.1) is 0 Å². The highest BCUT2D eigenvalue weighted by molar-refractivity contribution is 5.44. The Balaban J connectivity index is 2.27. The molecule has 1 unspecified atom stereocenters. The van der Waals surface area contributed by atoms with Crippen molar-refractivity contribution < 1.29 is 9.47 Å². The molecule has 0 amide bonds. The Bertz CT molecular complexity index is 338. The number of fused-ring (bicyclic) bond motifs is 1. The lowest BCUT2D eigenvalue weighted by Gasteiger charge is -2.13. The van der Waals surface area contributed by atoms with Crippen molar-refractivity contribution in [2.75, 3.05) is 20.3 Å². The fourth-order valence-corrected chi connectivity index (χ4v) is 1.62. The van der Waals surface area contributed by atoms with E-state index in [0.29, 0.717) is 6.04 Å². The fourth-order valence-electron chi connectivity index (χ4n) is 1.62. The first-order valence-electron chi connectivity index (χ1n) is 5.38. The molecule has 1 aromatic rings. The van der Waals surface area contributed by atoms with Crippen LogP contribution in [0.25, 0.3) is 0 Å². The van der Waals surface area contributed by atoms with E-state index >= 15 is 0 Å². The largest absolute Gasteiger partial charge is 0.490 e.